The second-order valence-corrected chi connectivity index (χ2v) is 3.68. The van der Waals surface area contributed by atoms with Crippen LogP contribution >= 0.6 is 0 Å². The number of rotatable bonds is 4. The van der Waals surface area contributed by atoms with Crippen LogP contribution in [0.5, 0.6) is 0 Å². The van der Waals surface area contributed by atoms with Crippen LogP contribution in [0.15, 0.2) is 24.3 Å². The first kappa shape index (κ1) is 16.4. The Hall–Kier alpha value is -1.64. The molecule has 1 aromatic carbocycles. The van der Waals surface area contributed by atoms with Gasteiger partial charge < -0.3 is 4.74 Å². The molecule has 9 heteroatoms. The largest absolute Gasteiger partial charge is 0.423 e. The summed E-state index contributed by atoms with van der Waals surface area (Å²) in [6.45, 7) is -1.54. The number of carbonyl (C=O) groups is 1. The first-order valence-corrected chi connectivity index (χ1v) is 5.06. The van der Waals surface area contributed by atoms with Gasteiger partial charge in [-0.3, -0.25) is 4.79 Å². The molecule has 1 rings (SSSR count). The lowest BCUT2D eigenvalue weighted by Gasteiger charge is -2.22. The van der Waals surface area contributed by atoms with Crippen molar-refractivity contribution in [3.05, 3.63) is 35.6 Å². The van der Waals surface area contributed by atoms with Gasteiger partial charge in [-0.1, -0.05) is 12.1 Å². The molecule has 0 saturated heterocycles. The maximum Gasteiger partial charge on any atom is 0.423 e. The Labute approximate surface area is 108 Å². The summed E-state index contributed by atoms with van der Waals surface area (Å²) in [5, 5.41) is 0. The Balaban J connectivity index is 2.79. The van der Waals surface area contributed by atoms with Crippen molar-refractivity contribution in [2.75, 3.05) is 6.61 Å². The minimum absolute atomic E-state index is 0.643. The molecule has 0 radical (unpaired) electrons. The summed E-state index contributed by atoms with van der Waals surface area (Å²) in [5.41, 5.74) is -0.643. The number of Topliss-reactive ketones (excluding diaryl/α,β-unsaturated/α-hetero) is 1. The molecule has 0 spiro atoms. The number of hydrogen-bond acceptors (Lipinski definition) is 2. The van der Waals surface area contributed by atoms with E-state index in [2.05, 4.69) is 4.74 Å². The average molecular weight is 304 g/mol. The van der Waals surface area contributed by atoms with E-state index in [1.54, 1.807) is 0 Å². The van der Waals surface area contributed by atoms with Crippen LogP contribution in [-0.4, -0.2) is 30.8 Å². The molecule has 0 atom stereocenters. The van der Waals surface area contributed by atoms with Crippen molar-refractivity contribution in [1.29, 1.82) is 0 Å². The summed E-state index contributed by atoms with van der Waals surface area (Å²) in [6.07, 6.45) is -15.5. The topological polar surface area (TPSA) is 26.3 Å². The van der Waals surface area contributed by atoms with Gasteiger partial charge in [0.05, 0.1) is 5.56 Å². The van der Waals surface area contributed by atoms with Gasteiger partial charge in [-0.2, -0.15) is 26.3 Å². The number of hydrogen-bond donors (Lipinski definition) is 0. The van der Waals surface area contributed by atoms with Crippen LogP contribution in [0.25, 0.3) is 0 Å². The highest BCUT2D eigenvalue weighted by atomic mass is 19.4. The molecule has 0 fully saturated rings. The molecule has 2 nitrogen and oxygen atoms in total. The lowest BCUT2D eigenvalue weighted by atomic mass is 10.1. The number of carbonyl (C=O) groups excluding carboxylic acids is 1. The van der Waals surface area contributed by atoms with Crippen LogP contribution < -0.4 is 0 Å². The first-order chi connectivity index (χ1) is 9.03. The van der Waals surface area contributed by atoms with E-state index >= 15 is 0 Å². The van der Waals surface area contributed by atoms with Gasteiger partial charge in [0.25, 0.3) is 0 Å². The van der Waals surface area contributed by atoms with Gasteiger partial charge in [0.15, 0.2) is 5.78 Å². The molecule has 0 N–H and O–H groups in total. The Morgan fingerprint density at radius 1 is 1.05 bits per heavy atom. The van der Waals surface area contributed by atoms with E-state index in [0.29, 0.717) is 0 Å². The van der Waals surface area contributed by atoms with Crippen molar-refractivity contribution >= 4 is 5.78 Å². The predicted octanol–water partition coefficient (Wildman–Crippen LogP) is 3.52. The third-order valence-electron chi connectivity index (χ3n) is 2.15. The fourth-order valence-electron chi connectivity index (χ4n) is 1.30. The standard InChI is InChI=1S/C11H7F7O2/c12-7-4-2-1-3-6(7)8(19)5-20-9(10(13,14)15)11(16,17)18/h1-4,9H,5H2. The van der Waals surface area contributed by atoms with Crippen molar-refractivity contribution in [1.82, 2.24) is 0 Å². The van der Waals surface area contributed by atoms with E-state index < -0.39 is 42.2 Å². The molecule has 0 heterocycles. The third-order valence-corrected chi connectivity index (χ3v) is 2.15. The van der Waals surface area contributed by atoms with Crippen molar-refractivity contribution in [2.24, 2.45) is 0 Å². The summed E-state index contributed by atoms with van der Waals surface area (Å²) in [4.78, 5) is 11.3. The molecule has 0 amide bonds. The molecule has 1 aromatic rings. The fraction of sp³-hybridized carbons (Fsp3) is 0.364. The van der Waals surface area contributed by atoms with E-state index in [4.69, 9.17) is 0 Å². The van der Waals surface area contributed by atoms with Crippen molar-refractivity contribution < 1.29 is 40.3 Å². The highest BCUT2D eigenvalue weighted by Gasteiger charge is 2.58. The highest BCUT2D eigenvalue weighted by molar-refractivity contribution is 5.97. The zero-order valence-electron chi connectivity index (χ0n) is 9.56. The Kier molecular flexibility index (Phi) is 4.74. The number of ether oxygens (including phenoxy) is 1. The van der Waals surface area contributed by atoms with Crippen LogP contribution in [-0.2, 0) is 4.74 Å². The zero-order chi connectivity index (χ0) is 15.6. The molecule has 0 aliphatic heterocycles. The molecule has 112 valence electrons. The van der Waals surface area contributed by atoms with Gasteiger partial charge in [-0.05, 0) is 12.1 Å². The Morgan fingerprint density at radius 2 is 1.55 bits per heavy atom. The summed E-state index contributed by atoms with van der Waals surface area (Å²) < 4.78 is 89.4. The van der Waals surface area contributed by atoms with Crippen molar-refractivity contribution in [3.63, 3.8) is 0 Å². The maximum atomic E-state index is 13.1. The minimum Gasteiger partial charge on any atom is -0.353 e. The Bertz CT molecular complexity index is 464. The van der Waals surface area contributed by atoms with E-state index in [-0.39, 0.29) is 0 Å². The highest BCUT2D eigenvalue weighted by Crippen LogP contribution is 2.35. The molecule has 0 aromatic heterocycles. The first-order valence-electron chi connectivity index (χ1n) is 5.06. The molecule has 0 bridgehead atoms. The van der Waals surface area contributed by atoms with Crippen LogP contribution in [0.3, 0.4) is 0 Å². The second kappa shape index (κ2) is 5.78. The summed E-state index contributed by atoms with van der Waals surface area (Å²) in [5.74, 6) is -2.38. The van der Waals surface area contributed by atoms with Crippen LogP contribution in [0.4, 0.5) is 30.7 Å². The second-order valence-electron chi connectivity index (χ2n) is 3.68. The van der Waals surface area contributed by atoms with E-state index in [9.17, 15) is 35.5 Å². The van der Waals surface area contributed by atoms with Gasteiger partial charge in [-0.25, -0.2) is 4.39 Å². The van der Waals surface area contributed by atoms with Gasteiger partial charge in [0.2, 0.25) is 6.10 Å². The van der Waals surface area contributed by atoms with Crippen LogP contribution in [0.1, 0.15) is 10.4 Å². The number of ketones is 1. The summed E-state index contributed by atoms with van der Waals surface area (Å²) in [7, 11) is 0. The smallest absolute Gasteiger partial charge is 0.353 e. The molecule has 0 saturated carbocycles. The molecular formula is C11H7F7O2. The predicted molar refractivity (Wildman–Crippen MR) is 52.6 cm³/mol. The van der Waals surface area contributed by atoms with E-state index in [1.807, 2.05) is 0 Å². The fourth-order valence-corrected chi connectivity index (χ4v) is 1.30. The molecule has 0 aliphatic carbocycles. The number of alkyl halides is 6. The molecule has 0 unspecified atom stereocenters. The van der Waals surface area contributed by atoms with Crippen molar-refractivity contribution in [3.8, 4) is 0 Å². The lowest BCUT2D eigenvalue weighted by molar-refractivity contribution is -0.319. The summed E-state index contributed by atoms with van der Waals surface area (Å²) >= 11 is 0. The molecular weight excluding hydrogens is 297 g/mol. The maximum absolute atomic E-state index is 13.1. The van der Waals surface area contributed by atoms with Gasteiger partial charge >= 0.3 is 12.4 Å². The lowest BCUT2D eigenvalue weighted by Crippen LogP contribution is -2.45. The van der Waals surface area contributed by atoms with Gasteiger partial charge in [-0.15, -0.1) is 0 Å². The van der Waals surface area contributed by atoms with Crippen LogP contribution in [0.2, 0.25) is 0 Å². The van der Waals surface area contributed by atoms with Crippen LogP contribution in [0, 0.1) is 5.82 Å². The molecule has 20 heavy (non-hydrogen) atoms. The number of halogens is 7. The normalized spacial score (nSPS) is 12.8. The average Bonchev–Trinajstić information content (AvgIpc) is 2.25. The van der Waals surface area contributed by atoms with E-state index in [0.717, 1.165) is 12.1 Å². The SMILES string of the molecule is O=C(COC(C(F)(F)F)C(F)(F)F)c1ccccc1F. The minimum atomic E-state index is -5.71. The number of benzene rings is 1. The van der Waals surface area contributed by atoms with E-state index in [1.165, 1.54) is 12.1 Å². The third kappa shape index (κ3) is 4.19. The quantitative estimate of drug-likeness (QED) is 0.628. The zero-order valence-corrected chi connectivity index (χ0v) is 9.56. The summed E-state index contributed by atoms with van der Waals surface area (Å²) in [6, 6.07) is 4.19. The van der Waals surface area contributed by atoms with Gasteiger partial charge in [0, 0.05) is 0 Å². The monoisotopic (exact) mass is 304 g/mol. The van der Waals surface area contributed by atoms with Gasteiger partial charge in [0.1, 0.15) is 12.4 Å². The van der Waals surface area contributed by atoms with Crippen molar-refractivity contribution in [2.45, 2.75) is 18.5 Å². The Morgan fingerprint density at radius 3 is 2.00 bits per heavy atom. The molecule has 0 aliphatic rings.